The van der Waals surface area contributed by atoms with Gasteiger partial charge in [-0.05, 0) is 38.5 Å². The van der Waals surface area contributed by atoms with Crippen LogP contribution in [-0.2, 0) is 10.0 Å². The first-order valence-electron chi connectivity index (χ1n) is 5.66. The predicted octanol–water partition coefficient (Wildman–Crippen LogP) is 1.02. The molecule has 18 heavy (non-hydrogen) atoms. The third-order valence-electron chi connectivity index (χ3n) is 2.59. The normalized spacial score (nSPS) is 14.4. The maximum Gasteiger partial charge on any atom is 0.216 e. The SMILES string of the molecule is CC(C)(C)S(=O)(=O)NCC(O)c1ccc(N)cc1. The monoisotopic (exact) mass is 272 g/mol. The number of aliphatic hydroxyl groups is 1. The molecule has 0 bridgehead atoms. The molecule has 0 fully saturated rings. The van der Waals surface area contributed by atoms with E-state index in [-0.39, 0.29) is 6.54 Å². The van der Waals surface area contributed by atoms with Gasteiger partial charge in [-0.25, -0.2) is 13.1 Å². The zero-order chi connectivity index (χ0) is 14.0. The van der Waals surface area contributed by atoms with Crippen LogP contribution in [0.2, 0.25) is 0 Å². The molecule has 1 aromatic rings. The average Bonchev–Trinajstić information content (AvgIpc) is 2.25. The third kappa shape index (κ3) is 3.69. The first-order chi connectivity index (χ1) is 8.13. The van der Waals surface area contributed by atoms with Gasteiger partial charge in [0.25, 0.3) is 0 Å². The van der Waals surface area contributed by atoms with Crippen LogP contribution >= 0.6 is 0 Å². The minimum atomic E-state index is -3.44. The van der Waals surface area contributed by atoms with Crippen molar-refractivity contribution in [2.75, 3.05) is 12.3 Å². The van der Waals surface area contributed by atoms with E-state index in [9.17, 15) is 13.5 Å². The summed E-state index contributed by atoms with van der Waals surface area (Å²) in [7, 11) is -3.44. The molecular weight excluding hydrogens is 252 g/mol. The molecule has 1 rings (SSSR count). The van der Waals surface area contributed by atoms with Crippen molar-refractivity contribution in [3.8, 4) is 0 Å². The molecule has 0 spiro atoms. The summed E-state index contributed by atoms with van der Waals surface area (Å²) in [6.45, 7) is 4.75. The van der Waals surface area contributed by atoms with Gasteiger partial charge in [0.05, 0.1) is 10.9 Å². The summed E-state index contributed by atoms with van der Waals surface area (Å²) in [5, 5.41) is 9.87. The first kappa shape index (κ1) is 14.9. The second-order valence-corrected chi connectivity index (χ2v) is 7.67. The summed E-state index contributed by atoms with van der Waals surface area (Å²) >= 11 is 0. The molecule has 0 amide bonds. The van der Waals surface area contributed by atoms with Crippen LogP contribution in [0.1, 0.15) is 32.4 Å². The van der Waals surface area contributed by atoms with Crippen molar-refractivity contribution in [2.45, 2.75) is 31.6 Å². The van der Waals surface area contributed by atoms with Crippen LogP contribution in [0, 0.1) is 0 Å². The fraction of sp³-hybridized carbons (Fsp3) is 0.500. The summed E-state index contributed by atoms with van der Waals surface area (Å²) < 4.78 is 25.1. The summed E-state index contributed by atoms with van der Waals surface area (Å²) in [6.07, 6.45) is -0.886. The molecule has 1 atom stereocenters. The topological polar surface area (TPSA) is 92.4 Å². The fourth-order valence-electron chi connectivity index (χ4n) is 1.24. The molecule has 4 N–H and O–H groups in total. The highest BCUT2D eigenvalue weighted by molar-refractivity contribution is 7.90. The molecule has 6 heteroatoms. The quantitative estimate of drug-likeness (QED) is 0.713. The van der Waals surface area contributed by atoms with Gasteiger partial charge in [-0.1, -0.05) is 12.1 Å². The van der Waals surface area contributed by atoms with Gasteiger partial charge in [-0.15, -0.1) is 0 Å². The molecule has 0 heterocycles. The minimum absolute atomic E-state index is 0.0521. The number of hydrogen-bond acceptors (Lipinski definition) is 4. The van der Waals surface area contributed by atoms with E-state index in [4.69, 9.17) is 5.73 Å². The van der Waals surface area contributed by atoms with Crippen molar-refractivity contribution in [2.24, 2.45) is 0 Å². The Morgan fingerprint density at radius 3 is 2.22 bits per heavy atom. The van der Waals surface area contributed by atoms with Gasteiger partial charge in [0.1, 0.15) is 0 Å². The van der Waals surface area contributed by atoms with Crippen LogP contribution < -0.4 is 10.5 Å². The summed E-state index contributed by atoms with van der Waals surface area (Å²) in [5.41, 5.74) is 6.76. The van der Waals surface area contributed by atoms with Gasteiger partial charge < -0.3 is 10.8 Å². The maximum absolute atomic E-state index is 11.8. The lowest BCUT2D eigenvalue weighted by atomic mass is 10.1. The number of hydrogen-bond donors (Lipinski definition) is 3. The number of rotatable bonds is 4. The van der Waals surface area contributed by atoms with Crippen molar-refractivity contribution in [3.05, 3.63) is 29.8 Å². The molecule has 102 valence electrons. The van der Waals surface area contributed by atoms with Crippen LogP contribution in [0.3, 0.4) is 0 Å². The maximum atomic E-state index is 11.8. The molecule has 0 saturated heterocycles. The second-order valence-electron chi connectivity index (χ2n) is 5.15. The van der Waals surface area contributed by atoms with E-state index >= 15 is 0 Å². The largest absolute Gasteiger partial charge is 0.399 e. The Balaban J connectivity index is 2.67. The number of benzene rings is 1. The highest BCUT2D eigenvalue weighted by Crippen LogP contribution is 2.17. The summed E-state index contributed by atoms with van der Waals surface area (Å²) in [4.78, 5) is 0. The van der Waals surface area contributed by atoms with Crippen LogP contribution in [-0.4, -0.2) is 24.8 Å². The molecule has 0 aromatic heterocycles. The number of nitrogens with two attached hydrogens (primary N) is 1. The first-order valence-corrected chi connectivity index (χ1v) is 7.14. The van der Waals surface area contributed by atoms with Crippen molar-refractivity contribution in [3.63, 3.8) is 0 Å². The van der Waals surface area contributed by atoms with Gasteiger partial charge in [-0.3, -0.25) is 0 Å². The van der Waals surface area contributed by atoms with Crippen molar-refractivity contribution in [1.82, 2.24) is 4.72 Å². The molecule has 1 aromatic carbocycles. The molecular formula is C12H20N2O3S. The van der Waals surface area contributed by atoms with Crippen LogP contribution in [0.4, 0.5) is 5.69 Å². The Bertz CT molecular complexity index is 489. The fourth-order valence-corrected chi connectivity index (χ4v) is 2.05. The lowest BCUT2D eigenvalue weighted by Crippen LogP contribution is -2.41. The molecule has 1 unspecified atom stereocenters. The van der Waals surface area contributed by atoms with Crippen molar-refractivity contribution < 1.29 is 13.5 Å². The highest BCUT2D eigenvalue weighted by atomic mass is 32.2. The van der Waals surface area contributed by atoms with E-state index in [1.165, 1.54) is 0 Å². The molecule has 0 saturated carbocycles. The Morgan fingerprint density at radius 2 is 1.78 bits per heavy atom. The number of anilines is 1. The zero-order valence-corrected chi connectivity index (χ0v) is 11.7. The third-order valence-corrected chi connectivity index (χ3v) is 4.75. The van der Waals surface area contributed by atoms with E-state index < -0.39 is 20.9 Å². The van der Waals surface area contributed by atoms with Crippen LogP contribution in [0.25, 0.3) is 0 Å². The van der Waals surface area contributed by atoms with Crippen LogP contribution in [0.5, 0.6) is 0 Å². The minimum Gasteiger partial charge on any atom is -0.399 e. The molecule has 0 radical (unpaired) electrons. The predicted molar refractivity (Wildman–Crippen MR) is 72.5 cm³/mol. The lowest BCUT2D eigenvalue weighted by molar-refractivity contribution is 0.182. The van der Waals surface area contributed by atoms with Gasteiger partial charge in [0.15, 0.2) is 0 Å². The zero-order valence-electron chi connectivity index (χ0n) is 10.8. The summed E-state index contributed by atoms with van der Waals surface area (Å²) in [6, 6.07) is 6.67. The van der Waals surface area contributed by atoms with E-state index in [2.05, 4.69) is 4.72 Å². The summed E-state index contributed by atoms with van der Waals surface area (Å²) in [5.74, 6) is 0. The molecule has 0 aliphatic carbocycles. The number of nitrogens with one attached hydrogen (secondary N) is 1. The number of nitrogen functional groups attached to an aromatic ring is 1. The number of aliphatic hydroxyl groups excluding tert-OH is 1. The van der Waals surface area contributed by atoms with Gasteiger partial charge in [0.2, 0.25) is 10.0 Å². The Morgan fingerprint density at radius 1 is 1.28 bits per heavy atom. The van der Waals surface area contributed by atoms with Gasteiger partial charge in [0, 0.05) is 12.2 Å². The molecule has 0 aliphatic heterocycles. The smallest absolute Gasteiger partial charge is 0.216 e. The van der Waals surface area contributed by atoms with Gasteiger partial charge >= 0.3 is 0 Å². The van der Waals surface area contributed by atoms with Crippen molar-refractivity contribution >= 4 is 15.7 Å². The van der Waals surface area contributed by atoms with Gasteiger partial charge in [-0.2, -0.15) is 0 Å². The molecule has 0 aliphatic rings. The van der Waals surface area contributed by atoms with E-state index in [1.54, 1.807) is 45.0 Å². The lowest BCUT2D eigenvalue weighted by Gasteiger charge is -2.21. The molecule has 5 nitrogen and oxygen atoms in total. The van der Waals surface area contributed by atoms with E-state index in [0.717, 1.165) is 0 Å². The van der Waals surface area contributed by atoms with Crippen LogP contribution in [0.15, 0.2) is 24.3 Å². The van der Waals surface area contributed by atoms with E-state index in [0.29, 0.717) is 11.3 Å². The Labute approximate surface area is 108 Å². The highest BCUT2D eigenvalue weighted by Gasteiger charge is 2.29. The van der Waals surface area contributed by atoms with Crippen molar-refractivity contribution in [1.29, 1.82) is 0 Å². The Hall–Kier alpha value is -1.11. The second kappa shape index (κ2) is 5.26. The number of sulfonamides is 1. The van der Waals surface area contributed by atoms with E-state index in [1.807, 2.05) is 0 Å². The average molecular weight is 272 g/mol. The standard InChI is InChI=1S/C12H20N2O3S/c1-12(2,3)18(16,17)14-8-11(15)9-4-6-10(13)7-5-9/h4-7,11,14-15H,8,13H2,1-3H3. The Kier molecular flexibility index (Phi) is 4.37.